The van der Waals surface area contributed by atoms with Crippen LogP contribution in [0.2, 0.25) is 0 Å². The molecule has 2 aromatic rings. The number of benzene rings is 2. The summed E-state index contributed by atoms with van der Waals surface area (Å²) in [5, 5.41) is 5.84. The van der Waals surface area contributed by atoms with Gasteiger partial charge in [-0.15, -0.1) is 0 Å². The zero-order valence-corrected chi connectivity index (χ0v) is 14.5. The molecule has 2 heterocycles. The highest BCUT2D eigenvalue weighted by Gasteiger charge is 2.14. The summed E-state index contributed by atoms with van der Waals surface area (Å²) in [6, 6.07) is 13.0. The van der Waals surface area contributed by atoms with Gasteiger partial charge < -0.3 is 19.5 Å². The van der Waals surface area contributed by atoms with Gasteiger partial charge in [-0.25, -0.2) is 0 Å². The first-order valence-electron chi connectivity index (χ1n) is 9.14. The number of ether oxygens (including phenoxy) is 3. The van der Waals surface area contributed by atoms with Gasteiger partial charge in [0.15, 0.2) is 0 Å². The van der Waals surface area contributed by atoms with Crippen molar-refractivity contribution in [3.8, 4) is 5.75 Å². The summed E-state index contributed by atoms with van der Waals surface area (Å²) < 4.78 is 17.0. The number of nitrogens with one attached hydrogen (secondary N) is 1. The Labute approximate surface area is 148 Å². The van der Waals surface area contributed by atoms with E-state index in [2.05, 4.69) is 47.8 Å². The second-order valence-corrected chi connectivity index (χ2v) is 6.61. The molecule has 1 atom stereocenters. The molecule has 0 bridgehead atoms. The maximum atomic E-state index is 5.91. The zero-order valence-electron chi connectivity index (χ0n) is 14.5. The molecule has 4 nitrogen and oxygen atoms in total. The highest BCUT2D eigenvalue weighted by atomic mass is 16.6. The Morgan fingerprint density at radius 3 is 2.84 bits per heavy atom. The normalized spacial score (nSPS) is 21.1. The average Bonchev–Trinajstić information content (AvgIpc) is 2.69. The molecule has 1 unspecified atom stereocenters. The molecule has 0 saturated carbocycles. The van der Waals surface area contributed by atoms with Crippen molar-refractivity contribution < 1.29 is 14.2 Å². The Balaban J connectivity index is 1.40. The molecule has 2 aromatic carbocycles. The first kappa shape index (κ1) is 16.6. The molecule has 4 rings (SSSR count). The van der Waals surface area contributed by atoms with Crippen molar-refractivity contribution >= 4 is 16.3 Å². The molecule has 0 aromatic heterocycles. The summed E-state index contributed by atoms with van der Waals surface area (Å²) in [6.45, 7) is 4.75. The van der Waals surface area contributed by atoms with Crippen LogP contribution in [0.15, 0.2) is 42.5 Å². The summed E-state index contributed by atoms with van der Waals surface area (Å²) in [4.78, 5) is 0. The minimum Gasteiger partial charge on any atom is -0.493 e. The van der Waals surface area contributed by atoms with Crippen molar-refractivity contribution in [3.63, 3.8) is 0 Å². The Hall–Kier alpha value is -1.88. The lowest BCUT2D eigenvalue weighted by Crippen LogP contribution is -2.29. The quantitative estimate of drug-likeness (QED) is 0.906. The third-order valence-electron chi connectivity index (χ3n) is 4.84. The largest absolute Gasteiger partial charge is 0.493 e. The Morgan fingerprint density at radius 1 is 1.08 bits per heavy atom. The van der Waals surface area contributed by atoms with Gasteiger partial charge in [-0.1, -0.05) is 24.3 Å². The molecule has 1 fully saturated rings. The van der Waals surface area contributed by atoms with Gasteiger partial charge in [-0.05, 0) is 53.1 Å². The molecular weight excluding hydrogens is 314 g/mol. The first-order valence-corrected chi connectivity index (χ1v) is 9.14. The van der Waals surface area contributed by atoms with Crippen molar-refractivity contribution in [2.24, 2.45) is 0 Å². The van der Waals surface area contributed by atoms with E-state index in [-0.39, 0.29) is 6.10 Å². The Morgan fingerprint density at radius 2 is 2.00 bits per heavy atom. The van der Waals surface area contributed by atoms with Crippen LogP contribution in [-0.2, 0) is 9.47 Å². The van der Waals surface area contributed by atoms with E-state index in [9.17, 15) is 0 Å². The van der Waals surface area contributed by atoms with Crippen LogP contribution in [0, 0.1) is 0 Å². The van der Waals surface area contributed by atoms with Gasteiger partial charge in [0.25, 0.3) is 0 Å². The highest BCUT2D eigenvalue weighted by molar-refractivity contribution is 5.87. The minimum absolute atomic E-state index is 0.162. The molecule has 132 valence electrons. The van der Waals surface area contributed by atoms with Crippen LogP contribution in [0.4, 0.5) is 0 Å². The molecule has 1 saturated heterocycles. The molecule has 25 heavy (non-hydrogen) atoms. The lowest BCUT2D eigenvalue weighted by molar-refractivity contribution is -0.0935. The summed E-state index contributed by atoms with van der Waals surface area (Å²) in [5.74, 6) is 0.915. The predicted octanol–water partition coefficient (Wildman–Crippen LogP) is 3.40. The second-order valence-electron chi connectivity index (χ2n) is 6.61. The monoisotopic (exact) mass is 339 g/mol. The topological polar surface area (TPSA) is 39.7 Å². The molecule has 0 spiro atoms. The van der Waals surface area contributed by atoms with E-state index in [0.29, 0.717) is 26.4 Å². The molecule has 0 aliphatic carbocycles. The number of hydrogen-bond donors (Lipinski definition) is 1. The summed E-state index contributed by atoms with van der Waals surface area (Å²) in [6.07, 6.45) is 4.41. The second kappa shape index (κ2) is 8.00. The number of rotatable bonds is 5. The zero-order chi connectivity index (χ0) is 16.9. The van der Waals surface area contributed by atoms with Crippen LogP contribution in [0.25, 0.3) is 16.3 Å². The van der Waals surface area contributed by atoms with Gasteiger partial charge in [0.2, 0.25) is 0 Å². The van der Waals surface area contributed by atoms with Crippen molar-refractivity contribution in [2.45, 2.75) is 18.9 Å². The van der Waals surface area contributed by atoms with E-state index < -0.39 is 0 Å². The molecule has 2 aliphatic rings. The van der Waals surface area contributed by atoms with Gasteiger partial charge in [-0.2, -0.15) is 0 Å². The number of fused-ring (bicyclic) bond motifs is 1. The maximum Gasteiger partial charge on any atom is 0.119 e. The Bertz CT molecular complexity index is 750. The smallest absolute Gasteiger partial charge is 0.119 e. The van der Waals surface area contributed by atoms with Gasteiger partial charge in [0.1, 0.15) is 5.75 Å². The minimum atomic E-state index is 0.162. The van der Waals surface area contributed by atoms with Crippen LogP contribution in [0.1, 0.15) is 18.4 Å². The van der Waals surface area contributed by atoms with E-state index in [4.69, 9.17) is 14.2 Å². The van der Waals surface area contributed by atoms with Crippen LogP contribution >= 0.6 is 0 Å². The van der Waals surface area contributed by atoms with E-state index >= 15 is 0 Å². The van der Waals surface area contributed by atoms with Crippen molar-refractivity contribution in [1.29, 1.82) is 0 Å². The molecule has 0 amide bonds. The standard InChI is InChI=1S/C21H25NO3/c1-2-19-14-20(24-10-7-21-15-23-11-12-25-21)4-3-18(19)13-17(1)16-5-8-22-9-6-16/h1-5,13-14,21-22H,6-12,15H2. The van der Waals surface area contributed by atoms with E-state index in [1.165, 1.54) is 21.9 Å². The van der Waals surface area contributed by atoms with Gasteiger partial charge in [-0.3, -0.25) is 0 Å². The van der Waals surface area contributed by atoms with Crippen molar-refractivity contribution in [2.75, 3.05) is 39.5 Å². The summed E-state index contributed by atoms with van der Waals surface area (Å²) in [7, 11) is 0. The fourth-order valence-electron chi connectivity index (χ4n) is 3.41. The van der Waals surface area contributed by atoms with E-state index in [1.54, 1.807) is 0 Å². The molecule has 1 N–H and O–H groups in total. The molecule has 4 heteroatoms. The number of hydrogen-bond acceptors (Lipinski definition) is 4. The van der Waals surface area contributed by atoms with Gasteiger partial charge >= 0.3 is 0 Å². The van der Waals surface area contributed by atoms with E-state index in [1.807, 2.05) is 0 Å². The maximum absolute atomic E-state index is 5.91. The lowest BCUT2D eigenvalue weighted by Gasteiger charge is -2.22. The lowest BCUT2D eigenvalue weighted by atomic mass is 9.97. The fourth-order valence-corrected chi connectivity index (χ4v) is 3.41. The predicted molar refractivity (Wildman–Crippen MR) is 100 cm³/mol. The van der Waals surface area contributed by atoms with E-state index in [0.717, 1.165) is 31.7 Å². The van der Waals surface area contributed by atoms with Crippen molar-refractivity contribution in [1.82, 2.24) is 5.32 Å². The average molecular weight is 339 g/mol. The fraction of sp³-hybridized carbons (Fsp3) is 0.429. The Kier molecular flexibility index (Phi) is 5.31. The summed E-state index contributed by atoms with van der Waals surface area (Å²) in [5.41, 5.74) is 2.77. The van der Waals surface area contributed by atoms with Gasteiger partial charge in [0, 0.05) is 13.0 Å². The third kappa shape index (κ3) is 4.21. The SMILES string of the molecule is C1=C(c2ccc3cc(OCCC4COCCO4)ccc3c2)CCNC1. The van der Waals surface area contributed by atoms with Crippen LogP contribution < -0.4 is 10.1 Å². The first-order chi connectivity index (χ1) is 12.4. The van der Waals surface area contributed by atoms with Gasteiger partial charge in [0.05, 0.1) is 32.5 Å². The van der Waals surface area contributed by atoms with Crippen LogP contribution in [0.5, 0.6) is 5.75 Å². The van der Waals surface area contributed by atoms with Crippen molar-refractivity contribution in [3.05, 3.63) is 48.0 Å². The summed E-state index contributed by atoms with van der Waals surface area (Å²) >= 11 is 0. The molecular formula is C21H25NO3. The third-order valence-corrected chi connectivity index (χ3v) is 4.84. The van der Waals surface area contributed by atoms with Crippen LogP contribution in [-0.4, -0.2) is 45.6 Å². The van der Waals surface area contributed by atoms with Crippen LogP contribution in [0.3, 0.4) is 0 Å². The molecule has 2 aliphatic heterocycles. The molecule has 0 radical (unpaired) electrons. The highest BCUT2D eigenvalue weighted by Crippen LogP contribution is 2.27.